The van der Waals surface area contributed by atoms with E-state index in [-0.39, 0.29) is 29.1 Å². The number of para-hydroxylation sites is 2. The van der Waals surface area contributed by atoms with Gasteiger partial charge in [-0.15, -0.1) is 0 Å². The Hall–Kier alpha value is -4.05. The molecule has 9 nitrogen and oxygen atoms in total. The minimum Gasteiger partial charge on any atom is -0.497 e. The lowest BCUT2D eigenvalue weighted by Crippen LogP contribution is -2.53. The normalized spacial score (nSPS) is 12.0. The third-order valence-electron chi connectivity index (χ3n) is 6.63. The Labute approximate surface area is 249 Å². The van der Waals surface area contributed by atoms with Crippen molar-refractivity contribution in [1.82, 2.24) is 10.2 Å². The maximum atomic E-state index is 14.2. The summed E-state index contributed by atoms with van der Waals surface area (Å²) in [4.78, 5) is 29.0. The van der Waals surface area contributed by atoms with Gasteiger partial charge in [-0.2, -0.15) is 0 Å². The molecular weight excluding hydrogens is 554 g/mol. The summed E-state index contributed by atoms with van der Waals surface area (Å²) >= 11 is 0. The molecule has 0 fully saturated rings. The van der Waals surface area contributed by atoms with E-state index in [1.807, 2.05) is 33.8 Å². The molecule has 2 amide bonds. The van der Waals surface area contributed by atoms with Gasteiger partial charge in [0.1, 0.15) is 24.1 Å². The number of benzene rings is 3. The van der Waals surface area contributed by atoms with Gasteiger partial charge in [0.05, 0.1) is 24.3 Å². The molecule has 0 saturated heterocycles. The zero-order valence-electron chi connectivity index (χ0n) is 25.2. The molecule has 3 rings (SSSR count). The van der Waals surface area contributed by atoms with Crippen LogP contribution in [0.5, 0.6) is 11.5 Å². The number of rotatable bonds is 14. The molecule has 0 heterocycles. The first-order valence-corrected chi connectivity index (χ1v) is 15.5. The number of carbonyl (C=O) groups is 2. The van der Waals surface area contributed by atoms with Gasteiger partial charge in [0.2, 0.25) is 11.8 Å². The molecule has 0 bridgehead atoms. The van der Waals surface area contributed by atoms with Gasteiger partial charge in [0.15, 0.2) is 0 Å². The molecule has 0 unspecified atom stereocenters. The molecular formula is C32H41N3O6S. The molecule has 3 aromatic carbocycles. The number of amides is 2. The highest BCUT2D eigenvalue weighted by atomic mass is 32.2. The summed E-state index contributed by atoms with van der Waals surface area (Å²) in [7, 11) is -2.66. The van der Waals surface area contributed by atoms with E-state index < -0.39 is 28.5 Å². The molecule has 0 aromatic heterocycles. The predicted octanol–water partition coefficient (Wildman–Crippen LogP) is 4.93. The van der Waals surface area contributed by atoms with Crippen LogP contribution in [0.15, 0.2) is 77.7 Å². The number of ether oxygens (including phenoxy) is 2. The second kappa shape index (κ2) is 14.7. The minimum absolute atomic E-state index is 0.0381. The van der Waals surface area contributed by atoms with Crippen LogP contribution in [0.4, 0.5) is 5.69 Å². The average molecular weight is 596 g/mol. The number of carbonyl (C=O) groups excluding carboxylic acids is 2. The zero-order valence-corrected chi connectivity index (χ0v) is 26.0. The van der Waals surface area contributed by atoms with Gasteiger partial charge < -0.3 is 19.7 Å². The molecule has 0 spiro atoms. The molecule has 0 radical (unpaired) electrons. The number of aryl methyl sites for hydroxylation is 1. The standard InChI is InChI=1S/C32H41N3O6S/c1-7-28(32(37)33-23(3)4)34(21-25-12-11-13-26(20-25)40-6)31(36)22-35(29-14-9-10-15-30(29)41-8-2)42(38,39)27-18-16-24(5)17-19-27/h9-20,23,28H,7-8,21-22H2,1-6H3,(H,33,37)/t28-/m0/s1. The number of nitrogens with zero attached hydrogens (tertiary/aromatic N) is 2. The van der Waals surface area contributed by atoms with Gasteiger partial charge in [-0.3, -0.25) is 13.9 Å². The van der Waals surface area contributed by atoms with Crippen LogP contribution in [0.25, 0.3) is 0 Å². The van der Waals surface area contributed by atoms with E-state index in [0.717, 1.165) is 15.4 Å². The minimum atomic E-state index is -4.21. The van der Waals surface area contributed by atoms with E-state index in [9.17, 15) is 18.0 Å². The summed E-state index contributed by atoms with van der Waals surface area (Å²) < 4.78 is 40.4. The van der Waals surface area contributed by atoms with E-state index in [0.29, 0.717) is 24.5 Å². The molecule has 1 N–H and O–H groups in total. The Morgan fingerprint density at radius 3 is 2.26 bits per heavy atom. The first-order valence-electron chi connectivity index (χ1n) is 14.1. The van der Waals surface area contributed by atoms with Crippen molar-refractivity contribution in [2.45, 2.75) is 64.6 Å². The maximum Gasteiger partial charge on any atom is 0.264 e. The molecule has 0 saturated carbocycles. The van der Waals surface area contributed by atoms with Crippen molar-refractivity contribution >= 4 is 27.5 Å². The topological polar surface area (TPSA) is 105 Å². The van der Waals surface area contributed by atoms with Gasteiger partial charge in [-0.1, -0.05) is 48.9 Å². The summed E-state index contributed by atoms with van der Waals surface area (Å²) in [5.74, 6) is 0.0817. The summed E-state index contributed by atoms with van der Waals surface area (Å²) in [6.07, 6.45) is 0.328. The van der Waals surface area contributed by atoms with Gasteiger partial charge in [-0.25, -0.2) is 8.42 Å². The number of sulfonamides is 1. The lowest BCUT2D eigenvalue weighted by molar-refractivity contribution is -0.140. The third-order valence-corrected chi connectivity index (χ3v) is 8.40. The van der Waals surface area contributed by atoms with Crippen LogP contribution < -0.4 is 19.1 Å². The Morgan fingerprint density at radius 1 is 0.952 bits per heavy atom. The fraction of sp³-hybridized carbons (Fsp3) is 0.375. The van der Waals surface area contributed by atoms with Crippen molar-refractivity contribution in [3.63, 3.8) is 0 Å². The first kappa shape index (κ1) is 32.5. The Kier molecular flexibility index (Phi) is 11.4. The third kappa shape index (κ3) is 8.03. The quantitative estimate of drug-likeness (QED) is 0.283. The number of anilines is 1. The van der Waals surface area contributed by atoms with Gasteiger partial charge in [0.25, 0.3) is 10.0 Å². The predicted molar refractivity (Wildman–Crippen MR) is 164 cm³/mol. The molecule has 226 valence electrons. The van der Waals surface area contributed by atoms with Crippen LogP contribution in [0.1, 0.15) is 45.2 Å². The SMILES string of the molecule is CCOc1ccccc1N(CC(=O)N(Cc1cccc(OC)c1)[C@@H](CC)C(=O)NC(C)C)S(=O)(=O)c1ccc(C)cc1. The zero-order chi connectivity index (χ0) is 30.9. The van der Waals surface area contributed by atoms with Crippen LogP contribution in [0.3, 0.4) is 0 Å². The van der Waals surface area contributed by atoms with Crippen LogP contribution in [0.2, 0.25) is 0 Å². The van der Waals surface area contributed by atoms with Crippen LogP contribution in [-0.2, 0) is 26.2 Å². The fourth-order valence-electron chi connectivity index (χ4n) is 4.56. The first-order chi connectivity index (χ1) is 20.0. The van der Waals surface area contributed by atoms with Crippen molar-refractivity contribution in [3.8, 4) is 11.5 Å². The van der Waals surface area contributed by atoms with Gasteiger partial charge in [0, 0.05) is 12.6 Å². The van der Waals surface area contributed by atoms with Crippen LogP contribution in [0, 0.1) is 6.92 Å². The average Bonchev–Trinajstić information content (AvgIpc) is 2.96. The van der Waals surface area contributed by atoms with Gasteiger partial charge in [-0.05, 0) is 76.1 Å². The Bertz CT molecular complexity index is 1460. The molecule has 0 aliphatic rings. The van der Waals surface area contributed by atoms with E-state index in [1.54, 1.807) is 68.6 Å². The summed E-state index contributed by atoms with van der Waals surface area (Å²) in [5.41, 5.74) is 1.87. The highest BCUT2D eigenvalue weighted by Gasteiger charge is 2.35. The molecule has 42 heavy (non-hydrogen) atoms. The van der Waals surface area contributed by atoms with Crippen LogP contribution >= 0.6 is 0 Å². The summed E-state index contributed by atoms with van der Waals surface area (Å²) in [6, 6.07) is 19.4. The lowest BCUT2D eigenvalue weighted by Gasteiger charge is -2.34. The Balaban J connectivity index is 2.12. The maximum absolute atomic E-state index is 14.2. The van der Waals surface area contributed by atoms with Crippen molar-refractivity contribution in [3.05, 3.63) is 83.9 Å². The van der Waals surface area contributed by atoms with Crippen LogP contribution in [-0.4, -0.2) is 57.5 Å². The van der Waals surface area contributed by atoms with Crippen molar-refractivity contribution < 1.29 is 27.5 Å². The van der Waals surface area contributed by atoms with Crippen molar-refractivity contribution in [2.75, 3.05) is 24.6 Å². The van der Waals surface area contributed by atoms with E-state index in [4.69, 9.17) is 9.47 Å². The second-order valence-corrected chi connectivity index (χ2v) is 12.0. The second-order valence-electron chi connectivity index (χ2n) is 10.2. The lowest BCUT2D eigenvalue weighted by atomic mass is 10.1. The number of nitrogens with one attached hydrogen (secondary N) is 1. The molecule has 0 aliphatic carbocycles. The number of methoxy groups -OCH3 is 1. The largest absolute Gasteiger partial charge is 0.497 e. The molecule has 1 atom stereocenters. The molecule has 10 heteroatoms. The van der Waals surface area contributed by atoms with Gasteiger partial charge >= 0.3 is 0 Å². The summed E-state index contributed by atoms with van der Waals surface area (Å²) in [6.45, 7) is 9.02. The fourth-order valence-corrected chi connectivity index (χ4v) is 5.98. The monoisotopic (exact) mass is 595 g/mol. The number of hydrogen-bond donors (Lipinski definition) is 1. The van der Waals surface area contributed by atoms with Crippen molar-refractivity contribution in [2.24, 2.45) is 0 Å². The van der Waals surface area contributed by atoms with E-state index in [1.165, 1.54) is 17.0 Å². The number of hydrogen-bond acceptors (Lipinski definition) is 6. The highest BCUT2D eigenvalue weighted by molar-refractivity contribution is 7.92. The van der Waals surface area contributed by atoms with E-state index in [2.05, 4.69) is 5.32 Å². The van der Waals surface area contributed by atoms with E-state index >= 15 is 0 Å². The molecule has 0 aliphatic heterocycles. The smallest absolute Gasteiger partial charge is 0.264 e. The summed E-state index contributed by atoms with van der Waals surface area (Å²) in [5, 5.41) is 2.90. The molecule has 3 aromatic rings. The highest BCUT2D eigenvalue weighted by Crippen LogP contribution is 2.33. The Morgan fingerprint density at radius 2 is 1.64 bits per heavy atom. The van der Waals surface area contributed by atoms with Crippen molar-refractivity contribution in [1.29, 1.82) is 0 Å².